The van der Waals surface area contributed by atoms with Gasteiger partial charge in [0.1, 0.15) is 0 Å². The third kappa shape index (κ3) is 4.57. The molecule has 1 N–H and O–H groups in total. The van der Waals surface area contributed by atoms with Crippen molar-refractivity contribution in [1.29, 1.82) is 0 Å². The van der Waals surface area contributed by atoms with Gasteiger partial charge in [-0.15, -0.1) is 0 Å². The average molecular weight is 291 g/mol. The molecule has 1 fully saturated rings. The third-order valence-electron chi connectivity index (χ3n) is 5.02. The zero-order chi connectivity index (χ0) is 15.1. The van der Waals surface area contributed by atoms with Crippen LogP contribution in [0.1, 0.15) is 77.5 Å². The van der Waals surface area contributed by atoms with Crippen molar-refractivity contribution < 1.29 is 0 Å². The number of aromatic nitrogens is 2. The summed E-state index contributed by atoms with van der Waals surface area (Å²) in [6, 6.07) is 3.51. The second-order valence-corrected chi connectivity index (χ2v) is 6.57. The van der Waals surface area contributed by atoms with E-state index in [9.17, 15) is 0 Å². The van der Waals surface area contributed by atoms with E-state index in [1.165, 1.54) is 50.6 Å². The summed E-state index contributed by atoms with van der Waals surface area (Å²) in [6.45, 7) is 7.91. The van der Waals surface area contributed by atoms with Crippen LogP contribution in [0.4, 0.5) is 0 Å². The Balaban J connectivity index is 1.95. The molecule has 0 amide bonds. The van der Waals surface area contributed by atoms with Crippen molar-refractivity contribution in [3.05, 3.63) is 18.0 Å². The first-order valence-electron chi connectivity index (χ1n) is 9.05. The molecule has 3 nitrogen and oxygen atoms in total. The zero-order valence-electron chi connectivity index (χ0n) is 14.1. The lowest BCUT2D eigenvalue weighted by Gasteiger charge is -2.32. The Labute approximate surface area is 130 Å². The topological polar surface area (TPSA) is 29.9 Å². The van der Waals surface area contributed by atoms with E-state index in [-0.39, 0.29) is 0 Å². The molecule has 120 valence electrons. The summed E-state index contributed by atoms with van der Waals surface area (Å²) >= 11 is 0. The molecule has 1 aromatic rings. The van der Waals surface area contributed by atoms with Crippen molar-refractivity contribution in [2.24, 2.45) is 5.92 Å². The van der Waals surface area contributed by atoms with Crippen LogP contribution in [0.25, 0.3) is 0 Å². The quantitative estimate of drug-likeness (QED) is 0.772. The van der Waals surface area contributed by atoms with Gasteiger partial charge in [-0.25, -0.2) is 0 Å². The summed E-state index contributed by atoms with van der Waals surface area (Å²) in [5.74, 6) is 0.773. The predicted molar refractivity (Wildman–Crippen MR) is 89.6 cm³/mol. The monoisotopic (exact) mass is 291 g/mol. The molecule has 1 aliphatic rings. The van der Waals surface area contributed by atoms with E-state index in [1.807, 2.05) is 0 Å². The Kier molecular flexibility index (Phi) is 6.75. The highest BCUT2D eigenvalue weighted by atomic mass is 15.3. The average Bonchev–Trinajstić information content (AvgIpc) is 2.96. The molecule has 2 atom stereocenters. The minimum atomic E-state index is 0.569. The lowest BCUT2D eigenvalue weighted by Crippen LogP contribution is -2.39. The fraction of sp³-hybridized carbons (Fsp3) is 0.833. The molecule has 0 radical (unpaired) electrons. The number of nitrogens with zero attached hydrogens (tertiary/aromatic N) is 2. The van der Waals surface area contributed by atoms with Gasteiger partial charge in [0.2, 0.25) is 0 Å². The van der Waals surface area contributed by atoms with Crippen LogP contribution in [0.5, 0.6) is 0 Å². The molecule has 1 aliphatic carbocycles. The molecule has 0 spiro atoms. The van der Waals surface area contributed by atoms with Gasteiger partial charge in [0.25, 0.3) is 0 Å². The second kappa shape index (κ2) is 8.57. The fourth-order valence-electron chi connectivity index (χ4n) is 3.67. The first-order valence-corrected chi connectivity index (χ1v) is 9.05. The highest BCUT2D eigenvalue weighted by Crippen LogP contribution is 2.27. The van der Waals surface area contributed by atoms with Gasteiger partial charge in [0, 0.05) is 12.2 Å². The van der Waals surface area contributed by atoms with Gasteiger partial charge in [-0.3, -0.25) is 4.68 Å². The van der Waals surface area contributed by atoms with E-state index in [4.69, 9.17) is 5.10 Å². The number of nitrogens with one attached hydrogen (secondary N) is 1. The van der Waals surface area contributed by atoms with Gasteiger partial charge >= 0.3 is 0 Å². The highest BCUT2D eigenvalue weighted by Gasteiger charge is 2.25. The molecule has 3 heteroatoms. The van der Waals surface area contributed by atoms with Gasteiger partial charge in [-0.2, -0.15) is 5.10 Å². The SMILES string of the molecule is CCCNC1CCCCC1Cc1ccn(C(CC)CC)n1. The maximum Gasteiger partial charge on any atom is 0.0628 e. The van der Waals surface area contributed by atoms with Crippen LogP contribution in [-0.4, -0.2) is 22.4 Å². The minimum Gasteiger partial charge on any atom is -0.314 e. The number of hydrogen-bond donors (Lipinski definition) is 1. The summed E-state index contributed by atoms with van der Waals surface area (Å²) < 4.78 is 2.19. The van der Waals surface area contributed by atoms with Crippen molar-refractivity contribution in [2.45, 2.75) is 84.2 Å². The van der Waals surface area contributed by atoms with Crippen molar-refractivity contribution in [2.75, 3.05) is 6.54 Å². The zero-order valence-corrected chi connectivity index (χ0v) is 14.1. The number of hydrogen-bond acceptors (Lipinski definition) is 2. The standard InChI is InChI=1S/C18H33N3/c1-4-12-19-18-10-8-7-9-15(18)14-16-11-13-21(20-16)17(5-2)6-3/h11,13,15,17-19H,4-10,12,14H2,1-3H3. The van der Waals surface area contributed by atoms with Gasteiger partial charge in [-0.05, 0) is 57.1 Å². The van der Waals surface area contributed by atoms with Gasteiger partial charge < -0.3 is 5.32 Å². The maximum absolute atomic E-state index is 4.85. The van der Waals surface area contributed by atoms with Gasteiger partial charge in [-0.1, -0.05) is 33.6 Å². The Morgan fingerprint density at radius 2 is 2.00 bits per heavy atom. The van der Waals surface area contributed by atoms with Crippen LogP contribution in [0.15, 0.2) is 12.3 Å². The van der Waals surface area contributed by atoms with E-state index < -0.39 is 0 Å². The molecule has 1 saturated carbocycles. The Hall–Kier alpha value is -0.830. The van der Waals surface area contributed by atoms with Gasteiger partial charge in [0.05, 0.1) is 11.7 Å². The van der Waals surface area contributed by atoms with Crippen molar-refractivity contribution in [3.63, 3.8) is 0 Å². The van der Waals surface area contributed by atoms with Crippen LogP contribution in [0.3, 0.4) is 0 Å². The largest absolute Gasteiger partial charge is 0.314 e. The summed E-state index contributed by atoms with van der Waals surface area (Å²) in [6.07, 6.45) is 12.4. The lowest BCUT2D eigenvalue weighted by molar-refractivity contribution is 0.259. The molecule has 1 aromatic heterocycles. The highest BCUT2D eigenvalue weighted by molar-refractivity contribution is 5.03. The Bertz CT molecular complexity index is 395. The summed E-state index contributed by atoms with van der Waals surface area (Å²) in [7, 11) is 0. The summed E-state index contributed by atoms with van der Waals surface area (Å²) in [5, 5.41) is 8.61. The fourth-order valence-corrected chi connectivity index (χ4v) is 3.67. The van der Waals surface area contributed by atoms with E-state index in [2.05, 4.69) is 43.0 Å². The first kappa shape index (κ1) is 16.5. The van der Waals surface area contributed by atoms with Crippen LogP contribution >= 0.6 is 0 Å². The van der Waals surface area contributed by atoms with Gasteiger partial charge in [0.15, 0.2) is 0 Å². The molecule has 1 heterocycles. The predicted octanol–water partition coefficient (Wildman–Crippen LogP) is 4.35. The third-order valence-corrected chi connectivity index (χ3v) is 5.02. The molecule has 2 unspecified atom stereocenters. The molecule has 0 bridgehead atoms. The summed E-state index contributed by atoms with van der Waals surface area (Å²) in [5.41, 5.74) is 1.29. The maximum atomic E-state index is 4.85. The summed E-state index contributed by atoms with van der Waals surface area (Å²) in [4.78, 5) is 0. The Morgan fingerprint density at radius 3 is 2.71 bits per heavy atom. The minimum absolute atomic E-state index is 0.569. The first-order chi connectivity index (χ1) is 10.3. The molecule has 0 saturated heterocycles. The molecule has 0 aromatic carbocycles. The van der Waals surface area contributed by atoms with Crippen LogP contribution in [-0.2, 0) is 6.42 Å². The van der Waals surface area contributed by atoms with Crippen LogP contribution < -0.4 is 5.32 Å². The normalized spacial score (nSPS) is 22.9. The lowest BCUT2D eigenvalue weighted by atomic mass is 9.81. The molecular formula is C18H33N3. The smallest absolute Gasteiger partial charge is 0.0628 e. The van der Waals surface area contributed by atoms with E-state index in [1.54, 1.807) is 0 Å². The van der Waals surface area contributed by atoms with Crippen molar-refractivity contribution >= 4 is 0 Å². The van der Waals surface area contributed by atoms with Crippen molar-refractivity contribution in [3.8, 4) is 0 Å². The van der Waals surface area contributed by atoms with Crippen LogP contribution in [0.2, 0.25) is 0 Å². The Morgan fingerprint density at radius 1 is 1.24 bits per heavy atom. The number of rotatable bonds is 8. The van der Waals surface area contributed by atoms with Crippen molar-refractivity contribution in [1.82, 2.24) is 15.1 Å². The second-order valence-electron chi connectivity index (χ2n) is 6.57. The molecule has 2 rings (SSSR count). The van der Waals surface area contributed by atoms with E-state index in [0.717, 1.165) is 18.9 Å². The molecule has 21 heavy (non-hydrogen) atoms. The molecule has 0 aliphatic heterocycles. The molecular weight excluding hydrogens is 258 g/mol. The van der Waals surface area contributed by atoms with Crippen LogP contribution in [0, 0.1) is 5.92 Å². The van der Waals surface area contributed by atoms with E-state index >= 15 is 0 Å². The van der Waals surface area contributed by atoms with E-state index in [0.29, 0.717) is 12.1 Å².